The Bertz CT molecular complexity index is 1140. The zero-order valence-corrected chi connectivity index (χ0v) is 19.1. The fraction of sp³-hybridized carbons (Fsp3) is 0.385. The van der Waals surface area contributed by atoms with E-state index in [2.05, 4.69) is 46.3 Å². The van der Waals surface area contributed by atoms with Crippen LogP contribution in [0.1, 0.15) is 18.4 Å². The molecule has 1 fully saturated rings. The monoisotopic (exact) mass is 449 g/mol. The van der Waals surface area contributed by atoms with Gasteiger partial charge in [0.2, 0.25) is 0 Å². The van der Waals surface area contributed by atoms with Gasteiger partial charge in [0.1, 0.15) is 11.3 Å². The van der Waals surface area contributed by atoms with Crippen LogP contribution in [0.4, 0.5) is 5.69 Å². The number of hydrogen-bond donors (Lipinski definition) is 1. The molecule has 0 spiro atoms. The Hall–Kier alpha value is -3.32. The first kappa shape index (κ1) is 22.9. The molecule has 4 rings (SSSR count). The van der Waals surface area contributed by atoms with E-state index in [0.717, 1.165) is 51.0 Å². The minimum absolute atomic E-state index is 0.0660. The average molecular weight is 450 g/mol. The highest BCUT2D eigenvalue weighted by Gasteiger charge is 2.16. The first-order chi connectivity index (χ1) is 16.1. The third-order valence-corrected chi connectivity index (χ3v) is 5.93. The van der Waals surface area contributed by atoms with E-state index >= 15 is 0 Å². The van der Waals surface area contributed by atoms with E-state index in [4.69, 9.17) is 9.15 Å². The summed E-state index contributed by atoms with van der Waals surface area (Å²) in [4.78, 5) is 28.4. The molecule has 0 bridgehead atoms. The third kappa shape index (κ3) is 6.58. The third-order valence-electron chi connectivity index (χ3n) is 5.93. The summed E-state index contributed by atoms with van der Waals surface area (Å²) in [7, 11) is 0. The van der Waals surface area contributed by atoms with Gasteiger partial charge in [-0.05, 0) is 62.2 Å². The molecule has 33 heavy (non-hydrogen) atoms. The summed E-state index contributed by atoms with van der Waals surface area (Å²) in [6.45, 7) is 8.00. The van der Waals surface area contributed by atoms with Gasteiger partial charge in [-0.1, -0.05) is 12.1 Å². The highest BCUT2D eigenvalue weighted by atomic mass is 16.5. The fourth-order valence-corrected chi connectivity index (χ4v) is 4.07. The molecule has 2 aromatic carbocycles. The number of fused-ring (bicyclic) bond motifs is 1. The lowest BCUT2D eigenvalue weighted by atomic mass is 10.2. The Morgan fingerprint density at radius 1 is 1.03 bits per heavy atom. The predicted octanol–water partition coefficient (Wildman–Crippen LogP) is 3.20. The highest BCUT2D eigenvalue weighted by Crippen LogP contribution is 2.19. The van der Waals surface area contributed by atoms with E-state index in [9.17, 15) is 9.59 Å². The molecule has 1 aromatic heterocycles. The lowest BCUT2D eigenvalue weighted by molar-refractivity contribution is -0.123. The average Bonchev–Trinajstić information content (AvgIpc) is 2.82. The molecule has 0 saturated carbocycles. The van der Waals surface area contributed by atoms with E-state index < -0.39 is 5.63 Å². The van der Waals surface area contributed by atoms with Gasteiger partial charge in [0, 0.05) is 55.9 Å². The second kappa shape index (κ2) is 11.0. The van der Waals surface area contributed by atoms with Crippen molar-refractivity contribution in [3.63, 3.8) is 0 Å². The minimum atomic E-state index is -0.412. The van der Waals surface area contributed by atoms with Crippen molar-refractivity contribution >= 4 is 22.6 Å². The van der Waals surface area contributed by atoms with Crippen LogP contribution in [0, 0.1) is 6.92 Å². The first-order valence-electron chi connectivity index (χ1n) is 11.5. The maximum atomic E-state index is 12.1. The van der Waals surface area contributed by atoms with Crippen molar-refractivity contribution in [2.24, 2.45) is 0 Å². The second-order valence-electron chi connectivity index (χ2n) is 8.47. The number of nitrogens with one attached hydrogen (secondary N) is 1. The zero-order valence-electron chi connectivity index (χ0n) is 19.1. The normalized spacial score (nSPS) is 14.4. The molecule has 1 saturated heterocycles. The van der Waals surface area contributed by atoms with Crippen LogP contribution < -0.4 is 20.6 Å². The summed E-state index contributed by atoms with van der Waals surface area (Å²) in [5.41, 5.74) is 2.64. The molecule has 0 aliphatic carbocycles. The summed E-state index contributed by atoms with van der Waals surface area (Å²) >= 11 is 0. The van der Waals surface area contributed by atoms with Crippen molar-refractivity contribution in [1.82, 2.24) is 10.2 Å². The molecule has 1 amide bonds. The Morgan fingerprint density at radius 2 is 1.85 bits per heavy atom. The van der Waals surface area contributed by atoms with Crippen molar-refractivity contribution in [2.75, 3.05) is 50.8 Å². The van der Waals surface area contributed by atoms with Crippen LogP contribution in [0.15, 0.2) is 63.8 Å². The van der Waals surface area contributed by atoms with Gasteiger partial charge in [-0.2, -0.15) is 0 Å². The molecule has 174 valence electrons. The standard InChI is InChI=1S/C26H31N3O4/c1-20-5-4-6-22(17-20)29-15-13-28(14-16-29)12-3-2-11-27-25(30)19-32-23-9-7-21-8-10-26(31)33-24(21)18-23/h4-10,17-18H,2-3,11-16,19H2,1H3,(H,27,30). The van der Waals surface area contributed by atoms with Gasteiger partial charge in [-0.3, -0.25) is 9.69 Å². The van der Waals surface area contributed by atoms with E-state index in [0.29, 0.717) is 17.9 Å². The molecule has 1 aliphatic rings. The number of ether oxygens (including phenoxy) is 1. The number of hydrogen-bond acceptors (Lipinski definition) is 6. The number of unbranched alkanes of at least 4 members (excludes halogenated alkanes) is 1. The van der Waals surface area contributed by atoms with Gasteiger partial charge in [0.15, 0.2) is 6.61 Å². The maximum Gasteiger partial charge on any atom is 0.336 e. The van der Waals surface area contributed by atoms with E-state index in [1.54, 1.807) is 24.3 Å². The summed E-state index contributed by atoms with van der Waals surface area (Å²) in [6, 6.07) is 16.9. The summed E-state index contributed by atoms with van der Waals surface area (Å²) in [5.74, 6) is 0.341. The Balaban J connectivity index is 1.09. The highest BCUT2D eigenvalue weighted by molar-refractivity contribution is 5.79. The summed E-state index contributed by atoms with van der Waals surface area (Å²) in [5, 5.41) is 3.71. The van der Waals surface area contributed by atoms with Gasteiger partial charge in [-0.15, -0.1) is 0 Å². The summed E-state index contributed by atoms with van der Waals surface area (Å²) in [6.07, 6.45) is 1.99. The quantitative estimate of drug-likeness (QED) is 0.399. The number of rotatable bonds is 9. The van der Waals surface area contributed by atoms with E-state index in [1.807, 2.05) is 0 Å². The van der Waals surface area contributed by atoms with Gasteiger partial charge < -0.3 is 19.4 Å². The van der Waals surface area contributed by atoms with Crippen LogP contribution in [0.25, 0.3) is 11.0 Å². The van der Waals surface area contributed by atoms with Crippen molar-refractivity contribution in [1.29, 1.82) is 0 Å². The number of piperazine rings is 1. The number of nitrogens with zero attached hydrogens (tertiary/aromatic N) is 2. The van der Waals surface area contributed by atoms with Crippen LogP contribution in [0.2, 0.25) is 0 Å². The number of carbonyl (C=O) groups excluding carboxylic acids is 1. The number of carbonyl (C=O) groups is 1. The smallest absolute Gasteiger partial charge is 0.336 e. The minimum Gasteiger partial charge on any atom is -0.484 e. The number of anilines is 1. The largest absolute Gasteiger partial charge is 0.484 e. The Labute approximate surface area is 193 Å². The van der Waals surface area contributed by atoms with Crippen molar-refractivity contribution in [2.45, 2.75) is 19.8 Å². The van der Waals surface area contributed by atoms with E-state index in [-0.39, 0.29) is 12.5 Å². The van der Waals surface area contributed by atoms with Crippen LogP contribution in [-0.2, 0) is 4.79 Å². The molecule has 7 heteroatoms. The van der Waals surface area contributed by atoms with Gasteiger partial charge in [0.05, 0.1) is 0 Å². The SMILES string of the molecule is Cc1cccc(N2CCN(CCCCNC(=O)COc3ccc4ccc(=O)oc4c3)CC2)c1. The number of aryl methyl sites for hydroxylation is 1. The fourth-order valence-electron chi connectivity index (χ4n) is 4.07. The van der Waals surface area contributed by atoms with E-state index in [1.165, 1.54) is 17.3 Å². The molecule has 1 aliphatic heterocycles. The Morgan fingerprint density at radius 3 is 2.67 bits per heavy atom. The van der Waals surface area contributed by atoms with Crippen molar-refractivity contribution < 1.29 is 13.9 Å². The van der Waals surface area contributed by atoms with Crippen LogP contribution >= 0.6 is 0 Å². The maximum absolute atomic E-state index is 12.1. The zero-order chi connectivity index (χ0) is 23.0. The first-order valence-corrected chi connectivity index (χ1v) is 11.5. The van der Waals surface area contributed by atoms with Gasteiger partial charge in [0.25, 0.3) is 5.91 Å². The topological polar surface area (TPSA) is 75.0 Å². The molecule has 1 N–H and O–H groups in total. The summed E-state index contributed by atoms with van der Waals surface area (Å²) < 4.78 is 10.7. The lowest BCUT2D eigenvalue weighted by Crippen LogP contribution is -2.46. The molecular weight excluding hydrogens is 418 g/mol. The molecule has 3 aromatic rings. The number of amides is 1. The molecule has 7 nitrogen and oxygen atoms in total. The van der Waals surface area contributed by atoms with Crippen molar-refractivity contribution in [3.8, 4) is 5.75 Å². The molecule has 0 radical (unpaired) electrons. The molecule has 2 heterocycles. The van der Waals surface area contributed by atoms with Gasteiger partial charge >= 0.3 is 5.63 Å². The Kier molecular flexibility index (Phi) is 7.62. The van der Waals surface area contributed by atoms with Gasteiger partial charge in [-0.25, -0.2) is 4.79 Å². The van der Waals surface area contributed by atoms with Crippen LogP contribution in [0.5, 0.6) is 5.75 Å². The molecule has 0 unspecified atom stereocenters. The van der Waals surface area contributed by atoms with Crippen LogP contribution in [0.3, 0.4) is 0 Å². The predicted molar refractivity (Wildman–Crippen MR) is 130 cm³/mol. The molecule has 0 atom stereocenters. The molecular formula is C26H31N3O4. The second-order valence-corrected chi connectivity index (χ2v) is 8.47. The number of benzene rings is 2. The lowest BCUT2D eigenvalue weighted by Gasteiger charge is -2.36. The van der Waals surface area contributed by atoms with Crippen LogP contribution in [-0.4, -0.2) is 56.7 Å². The van der Waals surface area contributed by atoms with Crippen molar-refractivity contribution in [3.05, 3.63) is 70.6 Å².